The van der Waals surface area contributed by atoms with Gasteiger partial charge in [0.2, 0.25) is 5.91 Å². The molecule has 3 nitrogen and oxygen atoms in total. The normalized spacial score (nSPS) is 29.4. The molecule has 2 heterocycles. The van der Waals surface area contributed by atoms with E-state index in [0.29, 0.717) is 17.6 Å². The number of hydrogen-bond donors (Lipinski definition) is 1. The van der Waals surface area contributed by atoms with Crippen LogP contribution in [-0.4, -0.2) is 36.0 Å². The van der Waals surface area contributed by atoms with E-state index in [4.69, 9.17) is 0 Å². The lowest BCUT2D eigenvalue weighted by Crippen LogP contribution is -2.49. The summed E-state index contributed by atoms with van der Waals surface area (Å²) in [6, 6.07) is 7.95. The van der Waals surface area contributed by atoms with Crippen molar-refractivity contribution < 1.29 is 9.18 Å². The van der Waals surface area contributed by atoms with Crippen LogP contribution in [-0.2, 0) is 11.2 Å². The smallest absolute Gasteiger partial charge is 0.224 e. The van der Waals surface area contributed by atoms with Gasteiger partial charge in [-0.25, -0.2) is 4.39 Å². The van der Waals surface area contributed by atoms with E-state index in [0.717, 1.165) is 12.8 Å². The summed E-state index contributed by atoms with van der Waals surface area (Å²) < 4.78 is 13.5. The van der Waals surface area contributed by atoms with Crippen LogP contribution in [0.15, 0.2) is 24.3 Å². The van der Waals surface area contributed by atoms with Crippen molar-refractivity contribution in [2.75, 3.05) is 7.05 Å². The molecule has 1 aromatic rings. The highest BCUT2D eigenvalue weighted by Crippen LogP contribution is 2.34. The van der Waals surface area contributed by atoms with Gasteiger partial charge in [0, 0.05) is 18.1 Å². The van der Waals surface area contributed by atoms with Crippen molar-refractivity contribution >= 4 is 5.91 Å². The SMILES string of the molecule is CN1[C@@H]2CC[C@@H]1CC(NC(=O)Cc1ccccc1F)C2. The zero-order valence-corrected chi connectivity index (χ0v) is 11.8. The lowest BCUT2D eigenvalue weighted by Gasteiger charge is -2.36. The summed E-state index contributed by atoms with van der Waals surface area (Å²) in [5.41, 5.74) is 0.473. The van der Waals surface area contributed by atoms with Crippen molar-refractivity contribution in [3.63, 3.8) is 0 Å². The maximum atomic E-state index is 13.5. The summed E-state index contributed by atoms with van der Waals surface area (Å²) in [6.45, 7) is 0. The highest BCUT2D eigenvalue weighted by Gasteiger charge is 2.38. The molecule has 0 radical (unpaired) electrons. The van der Waals surface area contributed by atoms with E-state index >= 15 is 0 Å². The molecule has 4 heteroatoms. The molecule has 20 heavy (non-hydrogen) atoms. The van der Waals surface area contributed by atoms with Crippen LogP contribution in [0.2, 0.25) is 0 Å². The first kappa shape index (κ1) is 13.6. The van der Waals surface area contributed by atoms with E-state index in [2.05, 4.69) is 17.3 Å². The molecule has 0 spiro atoms. The third kappa shape index (κ3) is 2.70. The number of amides is 1. The molecule has 0 saturated carbocycles. The van der Waals surface area contributed by atoms with Crippen molar-refractivity contribution in [2.45, 2.75) is 50.2 Å². The Labute approximate surface area is 119 Å². The molecule has 2 saturated heterocycles. The van der Waals surface area contributed by atoms with Crippen molar-refractivity contribution in [3.8, 4) is 0 Å². The highest BCUT2D eigenvalue weighted by atomic mass is 19.1. The Morgan fingerprint density at radius 3 is 2.60 bits per heavy atom. The summed E-state index contributed by atoms with van der Waals surface area (Å²) in [4.78, 5) is 14.5. The van der Waals surface area contributed by atoms with Gasteiger partial charge in [-0.2, -0.15) is 0 Å². The molecular weight excluding hydrogens is 255 g/mol. The van der Waals surface area contributed by atoms with Crippen molar-refractivity contribution in [1.82, 2.24) is 10.2 Å². The number of piperidine rings is 1. The average molecular weight is 276 g/mol. The summed E-state index contributed by atoms with van der Waals surface area (Å²) >= 11 is 0. The minimum atomic E-state index is -0.300. The fourth-order valence-corrected chi connectivity index (χ4v) is 3.62. The predicted octanol–water partition coefficient (Wildman–Crippen LogP) is 2.11. The Morgan fingerprint density at radius 2 is 1.95 bits per heavy atom. The minimum Gasteiger partial charge on any atom is -0.353 e. The minimum absolute atomic E-state index is 0.0657. The molecule has 1 aromatic carbocycles. The Hall–Kier alpha value is -1.42. The zero-order chi connectivity index (χ0) is 14.1. The average Bonchev–Trinajstić information content (AvgIpc) is 2.63. The number of benzene rings is 1. The Kier molecular flexibility index (Phi) is 3.74. The van der Waals surface area contributed by atoms with Crippen molar-refractivity contribution in [2.24, 2.45) is 0 Å². The van der Waals surface area contributed by atoms with Crippen LogP contribution in [0.4, 0.5) is 4.39 Å². The number of rotatable bonds is 3. The molecule has 2 fully saturated rings. The molecule has 0 aromatic heterocycles. The summed E-state index contributed by atoms with van der Waals surface area (Å²) in [7, 11) is 2.18. The first-order valence-electron chi connectivity index (χ1n) is 7.38. The summed E-state index contributed by atoms with van der Waals surface area (Å²) in [5.74, 6) is -0.366. The van der Waals surface area contributed by atoms with Crippen molar-refractivity contribution in [3.05, 3.63) is 35.6 Å². The Balaban J connectivity index is 1.56. The van der Waals surface area contributed by atoms with Crippen LogP contribution in [0.5, 0.6) is 0 Å². The molecular formula is C16H21FN2O. The van der Waals surface area contributed by atoms with Gasteiger partial charge in [-0.1, -0.05) is 18.2 Å². The topological polar surface area (TPSA) is 32.3 Å². The van der Waals surface area contributed by atoms with Gasteiger partial charge in [0.05, 0.1) is 6.42 Å². The molecule has 1 N–H and O–H groups in total. The molecule has 2 bridgehead atoms. The second-order valence-electron chi connectivity index (χ2n) is 6.05. The number of fused-ring (bicyclic) bond motifs is 2. The molecule has 2 atom stereocenters. The molecule has 0 unspecified atom stereocenters. The molecule has 108 valence electrons. The van der Waals surface area contributed by atoms with E-state index in [1.807, 2.05) is 0 Å². The van der Waals surface area contributed by atoms with Gasteiger partial charge in [0.15, 0.2) is 0 Å². The van der Waals surface area contributed by atoms with Gasteiger partial charge < -0.3 is 10.2 Å². The number of nitrogens with one attached hydrogen (secondary N) is 1. The van der Waals surface area contributed by atoms with Crippen LogP contribution in [0, 0.1) is 5.82 Å². The first-order valence-corrected chi connectivity index (χ1v) is 7.38. The van der Waals surface area contributed by atoms with Gasteiger partial charge >= 0.3 is 0 Å². The number of nitrogens with zero attached hydrogens (tertiary/aromatic N) is 1. The fourth-order valence-electron chi connectivity index (χ4n) is 3.62. The number of carbonyl (C=O) groups excluding carboxylic acids is 1. The van der Waals surface area contributed by atoms with Gasteiger partial charge in [-0.05, 0) is 44.4 Å². The molecule has 1 amide bonds. The van der Waals surface area contributed by atoms with Gasteiger partial charge in [0.25, 0.3) is 0 Å². The van der Waals surface area contributed by atoms with Crippen LogP contribution >= 0.6 is 0 Å². The van der Waals surface area contributed by atoms with Crippen LogP contribution < -0.4 is 5.32 Å². The van der Waals surface area contributed by atoms with E-state index in [1.54, 1.807) is 18.2 Å². The lowest BCUT2D eigenvalue weighted by atomic mass is 9.97. The van der Waals surface area contributed by atoms with Crippen molar-refractivity contribution in [1.29, 1.82) is 0 Å². The standard InChI is InChI=1S/C16H21FN2O/c1-19-13-6-7-14(19)10-12(9-13)18-16(20)8-11-4-2-3-5-15(11)17/h2-5,12-14H,6-10H2,1H3,(H,18,20)/t13-,14-/m1/s1. The monoisotopic (exact) mass is 276 g/mol. The van der Waals surface area contributed by atoms with E-state index in [1.165, 1.54) is 18.9 Å². The summed E-state index contributed by atoms with van der Waals surface area (Å²) in [6.07, 6.45) is 4.65. The van der Waals surface area contributed by atoms with Gasteiger partial charge in [-0.15, -0.1) is 0 Å². The highest BCUT2D eigenvalue weighted by molar-refractivity contribution is 5.78. The molecule has 3 rings (SSSR count). The maximum Gasteiger partial charge on any atom is 0.224 e. The van der Waals surface area contributed by atoms with Crippen LogP contribution in [0.3, 0.4) is 0 Å². The zero-order valence-electron chi connectivity index (χ0n) is 11.8. The van der Waals surface area contributed by atoms with E-state index in [-0.39, 0.29) is 24.2 Å². The number of hydrogen-bond acceptors (Lipinski definition) is 2. The second-order valence-corrected chi connectivity index (χ2v) is 6.05. The fraction of sp³-hybridized carbons (Fsp3) is 0.562. The number of carbonyl (C=O) groups is 1. The second kappa shape index (κ2) is 5.52. The number of halogens is 1. The van der Waals surface area contributed by atoms with E-state index < -0.39 is 0 Å². The van der Waals surface area contributed by atoms with E-state index in [9.17, 15) is 9.18 Å². The van der Waals surface area contributed by atoms with Gasteiger partial charge in [-0.3, -0.25) is 4.79 Å². The first-order chi connectivity index (χ1) is 9.63. The molecule has 0 aliphatic carbocycles. The third-order valence-electron chi connectivity index (χ3n) is 4.77. The van der Waals surface area contributed by atoms with Gasteiger partial charge in [0.1, 0.15) is 5.82 Å². The molecule has 2 aliphatic rings. The largest absolute Gasteiger partial charge is 0.353 e. The van der Waals surface area contributed by atoms with Crippen LogP contribution in [0.25, 0.3) is 0 Å². The van der Waals surface area contributed by atoms with Crippen LogP contribution in [0.1, 0.15) is 31.2 Å². The Bertz CT molecular complexity index is 491. The lowest BCUT2D eigenvalue weighted by molar-refractivity contribution is -0.121. The third-order valence-corrected chi connectivity index (χ3v) is 4.77. The summed E-state index contributed by atoms with van der Waals surface area (Å²) in [5, 5.41) is 3.08. The quantitative estimate of drug-likeness (QED) is 0.917. The Morgan fingerprint density at radius 1 is 1.30 bits per heavy atom. The molecule has 2 aliphatic heterocycles. The maximum absolute atomic E-state index is 13.5. The predicted molar refractivity (Wildman–Crippen MR) is 75.8 cm³/mol.